The highest BCUT2D eigenvalue weighted by Gasteiger charge is 2.36. The van der Waals surface area contributed by atoms with E-state index in [0.717, 1.165) is 19.4 Å². The molecule has 1 heterocycles. The number of aliphatic hydroxyl groups excluding tert-OH is 1. The first-order valence-corrected chi connectivity index (χ1v) is 5.70. The molecular formula is C11H22N2O2. The van der Waals surface area contributed by atoms with Crippen molar-refractivity contribution in [1.82, 2.24) is 10.6 Å². The van der Waals surface area contributed by atoms with Crippen LogP contribution in [0.2, 0.25) is 0 Å². The van der Waals surface area contributed by atoms with Gasteiger partial charge in [0.25, 0.3) is 0 Å². The standard InChI is InChI=1S/C11H22N2O2/c1-11(2)5-3-6-12-9(11)10(15)13-7-4-8-14/h9,12,14H,3-8H2,1-2H3,(H,13,15). The summed E-state index contributed by atoms with van der Waals surface area (Å²) in [6.45, 7) is 5.85. The minimum Gasteiger partial charge on any atom is -0.396 e. The molecule has 0 bridgehead atoms. The Morgan fingerprint density at radius 3 is 2.93 bits per heavy atom. The largest absolute Gasteiger partial charge is 0.396 e. The SMILES string of the molecule is CC1(C)CCCNC1C(=O)NCCCO. The molecule has 0 saturated carbocycles. The maximum absolute atomic E-state index is 11.8. The van der Waals surface area contributed by atoms with Crippen molar-refractivity contribution in [2.75, 3.05) is 19.7 Å². The Hall–Kier alpha value is -0.610. The van der Waals surface area contributed by atoms with Gasteiger partial charge in [0.1, 0.15) is 0 Å². The van der Waals surface area contributed by atoms with Crippen LogP contribution in [0.1, 0.15) is 33.1 Å². The summed E-state index contributed by atoms with van der Waals surface area (Å²) < 4.78 is 0. The molecule has 88 valence electrons. The summed E-state index contributed by atoms with van der Waals surface area (Å²) in [5, 5.41) is 14.7. The first kappa shape index (κ1) is 12.5. The van der Waals surface area contributed by atoms with E-state index >= 15 is 0 Å². The van der Waals surface area contributed by atoms with Crippen LogP contribution in [0.5, 0.6) is 0 Å². The number of rotatable bonds is 4. The molecule has 1 fully saturated rings. The number of hydrogen-bond acceptors (Lipinski definition) is 3. The predicted molar refractivity (Wildman–Crippen MR) is 59.5 cm³/mol. The van der Waals surface area contributed by atoms with Crippen molar-refractivity contribution < 1.29 is 9.90 Å². The number of carbonyl (C=O) groups is 1. The Bertz CT molecular complexity index is 217. The molecule has 0 aliphatic carbocycles. The van der Waals surface area contributed by atoms with Crippen molar-refractivity contribution in [1.29, 1.82) is 0 Å². The number of piperidine rings is 1. The fraction of sp³-hybridized carbons (Fsp3) is 0.909. The summed E-state index contributed by atoms with van der Waals surface area (Å²) in [4.78, 5) is 11.8. The molecule has 4 heteroatoms. The van der Waals surface area contributed by atoms with Gasteiger partial charge in [-0.1, -0.05) is 13.8 Å². The van der Waals surface area contributed by atoms with Crippen molar-refractivity contribution in [3.63, 3.8) is 0 Å². The fourth-order valence-electron chi connectivity index (χ4n) is 2.05. The Balaban J connectivity index is 2.42. The summed E-state index contributed by atoms with van der Waals surface area (Å²) in [6, 6.07) is -0.0926. The molecular weight excluding hydrogens is 192 g/mol. The molecule has 4 nitrogen and oxygen atoms in total. The molecule has 1 amide bonds. The molecule has 3 N–H and O–H groups in total. The van der Waals surface area contributed by atoms with E-state index in [9.17, 15) is 4.79 Å². The quantitative estimate of drug-likeness (QED) is 0.588. The molecule has 1 atom stereocenters. The van der Waals surface area contributed by atoms with Crippen LogP contribution >= 0.6 is 0 Å². The lowest BCUT2D eigenvalue weighted by atomic mass is 9.77. The maximum atomic E-state index is 11.8. The number of aliphatic hydroxyl groups is 1. The van der Waals surface area contributed by atoms with E-state index in [4.69, 9.17) is 5.11 Å². The zero-order valence-corrected chi connectivity index (χ0v) is 9.68. The Kier molecular flexibility index (Phi) is 4.54. The molecule has 0 aromatic rings. The van der Waals surface area contributed by atoms with Crippen molar-refractivity contribution in [3.05, 3.63) is 0 Å². The first-order chi connectivity index (χ1) is 7.08. The van der Waals surface area contributed by atoms with Crippen molar-refractivity contribution in [2.45, 2.75) is 39.2 Å². The van der Waals surface area contributed by atoms with Crippen molar-refractivity contribution in [3.8, 4) is 0 Å². The number of amides is 1. The number of hydrogen-bond donors (Lipinski definition) is 3. The van der Waals surface area contributed by atoms with Crippen LogP contribution in [0.25, 0.3) is 0 Å². The molecule has 1 unspecified atom stereocenters. The Morgan fingerprint density at radius 2 is 2.33 bits per heavy atom. The zero-order chi connectivity index (χ0) is 11.3. The van der Waals surface area contributed by atoms with Crippen LogP contribution in [-0.4, -0.2) is 36.8 Å². The summed E-state index contributed by atoms with van der Waals surface area (Å²) in [5.74, 6) is 0.0631. The van der Waals surface area contributed by atoms with Crippen LogP contribution in [0.3, 0.4) is 0 Å². The summed E-state index contributed by atoms with van der Waals surface area (Å²) >= 11 is 0. The van der Waals surface area contributed by atoms with Gasteiger partial charge in [0.05, 0.1) is 6.04 Å². The van der Waals surface area contributed by atoms with E-state index in [1.165, 1.54) is 0 Å². The minimum absolute atomic E-state index is 0.0293. The minimum atomic E-state index is -0.0926. The number of nitrogens with one attached hydrogen (secondary N) is 2. The summed E-state index contributed by atoms with van der Waals surface area (Å²) in [6.07, 6.45) is 2.84. The lowest BCUT2D eigenvalue weighted by Crippen LogP contribution is -2.55. The lowest BCUT2D eigenvalue weighted by molar-refractivity contribution is -0.126. The molecule has 0 aromatic carbocycles. The second-order valence-electron chi connectivity index (χ2n) is 4.85. The molecule has 0 radical (unpaired) electrons. The van der Waals surface area contributed by atoms with E-state index in [2.05, 4.69) is 24.5 Å². The summed E-state index contributed by atoms with van der Waals surface area (Å²) in [5.41, 5.74) is 0.0293. The van der Waals surface area contributed by atoms with Crippen LogP contribution in [0.15, 0.2) is 0 Å². The Labute approximate surface area is 91.4 Å². The van der Waals surface area contributed by atoms with Gasteiger partial charge in [0.15, 0.2) is 0 Å². The third-order valence-corrected chi connectivity index (χ3v) is 3.02. The third-order valence-electron chi connectivity index (χ3n) is 3.02. The van der Waals surface area contributed by atoms with Crippen LogP contribution < -0.4 is 10.6 Å². The van der Waals surface area contributed by atoms with Gasteiger partial charge in [0.2, 0.25) is 5.91 Å². The highest BCUT2D eigenvalue weighted by molar-refractivity contribution is 5.82. The van der Waals surface area contributed by atoms with Gasteiger partial charge in [-0.2, -0.15) is 0 Å². The van der Waals surface area contributed by atoms with Crippen LogP contribution in [-0.2, 0) is 4.79 Å². The highest BCUT2D eigenvalue weighted by atomic mass is 16.3. The van der Waals surface area contributed by atoms with E-state index in [-0.39, 0.29) is 24.0 Å². The van der Waals surface area contributed by atoms with Crippen molar-refractivity contribution >= 4 is 5.91 Å². The fourth-order valence-corrected chi connectivity index (χ4v) is 2.05. The topological polar surface area (TPSA) is 61.4 Å². The van der Waals surface area contributed by atoms with Gasteiger partial charge in [0, 0.05) is 13.2 Å². The lowest BCUT2D eigenvalue weighted by Gasteiger charge is -2.38. The second-order valence-corrected chi connectivity index (χ2v) is 4.85. The van der Waals surface area contributed by atoms with E-state index in [1.54, 1.807) is 0 Å². The molecule has 1 rings (SSSR count). The van der Waals surface area contributed by atoms with Crippen molar-refractivity contribution in [2.24, 2.45) is 5.41 Å². The van der Waals surface area contributed by atoms with Gasteiger partial charge in [-0.15, -0.1) is 0 Å². The van der Waals surface area contributed by atoms with Crippen LogP contribution in [0.4, 0.5) is 0 Å². The normalized spacial score (nSPS) is 24.9. The second kappa shape index (κ2) is 5.47. The highest BCUT2D eigenvalue weighted by Crippen LogP contribution is 2.29. The predicted octanol–water partition coefficient (Wildman–Crippen LogP) is 0.263. The summed E-state index contributed by atoms with van der Waals surface area (Å²) in [7, 11) is 0. The monoisotopic (exact) mass is 214 g/mol. The average molecular weight is 214 g/mol. The average Bonchev–Trinajstić information content (AvgIpc) is 2.17. The van der Waals surface area contributed by atoms with Gasteiger partial charge in [-0.05, 0) is 31.2 Å². The maximum Gasteiger partial charge on any atom is 0.237 e. The molecule has 1 aliphatic heterocycles. The smallest absolute Gasteiger partial charge is 0.237 e. The Morgan fingerprint density at radius 1 is 1.60 bits per heavy atom. The molecule has 15 heavy (non-hydrogen) atoms. The first-order valence-electron chi connectivity index (χ1n) is 5.70. The van der Waals surface area contributed by atoms with Gasteiger partial charge < -0.3 is 15.7 Å². The zero-order valence-electron chi connectivity index (χ0n) is 9.68. The molecule has 0 aromatic heterocycles. The molecule has 0 spiro atoms. The number of carbonyl (C=O) groups excluding carboxylic acids is 1. The van der Waals surface area contributed by atoms with Crippen LogP contribution in [0, 0.1) is 5.41 Å². The molecule has 1 aliphatic rings. The van der Waals surface area contributed by atoms with E-state index in [0.29, 0.717) is 13.0 Å². The molecule has 1 saturated heterocycles. The van der Waals surface area contributed by atoms with Gasteiger partial charge >= 0.3 is 0 Å². The van der Waals surface area contributed by atoms with Gasteiger partial charge in [-0.3, -0.25) is 4.79 Å². The van der Waals surface area contributed by atoms with E-state index in [1.807, 2.05) is 0 Å². The third kappa shape index (κ3) is 3.47. The van der Waals surface area contributed by atoms with E-state index < -0.39 is 0 Å². The van der Waals surface area contributed by atoms with Gasteiger partial charge in [-0.25, -0.2) is 0 Å².